The van der Waals surface area contributed by atoms with Crippen molar-refractivity contribution in [3.05, 3.63) is 33.1 Å². The van der Waals surface area contributed by atoms with Gasteiger partial charge >= 0.3 is 5.97 Å². The zero-order valence-electron chi connectivity index (χ0n) is 11.5. The van der Waals surface area contributed by atoms with Crippen molar-refractivity contribution in [2.75, 3.05) is 13.2 Å². The lowest BCUT2D eigenvalue weighted by Gasteiger charge is -2.10. The van der Waals surface area contributed by atoms with Crippen LogP contribution < -0.4 is 4.74 Å². The van der Waals surface area contributed by atoms with Gasteiger partial charge in [0.05, 0.1) is 11.5 Å². The molecule has 0 unspecified atom stereocenters. The van der Waals surface area contributed by atoms with Gasteiger partial charge in [-0.25, -0.2) is 0 Å². The molecule has 22 heavy (non-hydrogen) atoms. The number of carboxylic acid groups (broad SMARTS) is 1. The minimum absolute atomic E-state index is 0.242. The van der Waals surface area contributed by atoms with Crippen molar-refractivity contribution in [1.82, 2.24) is 4.90 Å². The van der Waals surface area contributed by atoms with Crippen molar-refractivity contribution in [1.29, 1.82) is 0 Å². The Hall–Kier alpha value is -1.38. The number of benzene rings is 1. The van der Waals surface area contributed by atoms with Crippen LogP contribution in [0.2, 0.25) is 0 Å². The minimum Gasteiger partial charge on any atom is -0.493 e. The first-order valence-corrected chi connectivity index (χ1v) is 8.33. The average Bonchev–Trinajstić information content (AvgIpc) is 2.69. The standard InChI is InChI=1S/C14H12BrNO4S2/c1-2-20-10-4-3-9(15)5-8(10)6-11-13(19)16(7-12(17)18)14(21)22-11/h3-6H,2,7H2,1H3,(H,17,18)/b11-6-. The van der Waals surface area contributed by atoms with E-state index in [1.807, 2.05) is 19.1 Å². The number of halogens is 1. The second-order valence-corrected chi connectivity index (χ2v) is 6.87. The van der Waals surface area contributed by atoms with E-state index in [-0.39, 0.29) is 4.32 Å². The van der Waals surface area contributed by atoms with Crippen LogP contribution >= 0.6 is 39.9 Å². The third-order valence-electron chi connectivity index (χ3n) is 2.73. The fraction of sp³-hybridized carbons (Fsp3) is 0.214. The van der Waals surface area contributed by atoms with Crippen molar-refractivity contribution in [3.63, 3.8) is 0 Å². The molecule has 1 aliphatic rings. The molecule has 0 radical (unpaired) electrons. The van der Waals surface area contributed by atoms with E-state index in [0.29, 0.717) is 17.3 Å². The number of carboxylic acids is 1. The van der Waals surface area contributed by atoms with Crippen molar-refractivity contribution in [2.45, 2.75) is 6.92 Å². The molecule has 1 fully saturated rings. The number of carbonyl (C=O) groups is 2. The Labute approximate surface area is 145 Å². The average molecular weight is 402 g/mol. The number of carbonyl (C=O) groups excluding carboxylic acids is 1. The van der Waals surface area contributed by atoms with Gasteiger partial charge in [-0.05, 0) is 31.2 Å². The summed E-state index contributed by atoms with van der Waals surface area (Å²) in [5.74, 6) is -0.857. The van der Waals surface area contributed by atoms with E-state index in [0.717, 1.165) is 26.7 Å². The van der Waals surface area contributed by atoms with Gasteiger partial charge in [-0.3, -0.25) is 14.5 Å². The van der Waals surface area contributed by atoms with E-state index < -0.39 is 18.4 Å². The molecular weight excluding hydrogens is 390 g/mol. The van der Waals surface area contributed by atoms with E-state index in [1.54, 1.807) is 12.1 Å². The zero-order chi connectivity index (χ0) is 16.3. The Balaban J connectivity index is 2.34. The second kappa shape index (κ2) is 7.26. The van der Waals surface area contributed by atoms with Crippen molar-refractivity contribution in [3.8, 4) is 5.75 Å². The second-order valence-electron chi connectivity index (χ2n) is 4.28. The van der Waals surface area contributed by atoms with Crippen molar-refractivity contribution in [2.24, 2.45) is 0 Å². The molecule has 0 spiro atoms. The van der Waals surface area contributed by atoms with E-state index in [2.05, 4.69) is 15.9 Å². The number of thioether (sulfide) groups is 1. The molecule has 0 bridgehead atoms. The fourth-order valence-corrected chi connectivity index (χ4v) is 3.46. The maximum absolute atomic E-state index is 12.2. The van der Waals surface area contributed by atoms with Crippen LogP contribution in [0.15, 0.2) is 27.6 Å². The van der Waals surface area contributed by atoms with Crippen LogP contribution in [-0.2, 0) is 9.59 Å². The Bertz CT molecular complexity index is 675. The van der Waals surface area contributed by atoms with Crippen molar-refractivity contribution >= 4 is 62.2 Å². The largest absolute Gasteiger partial charge is 0.493 e. The molecule has 1 aromatic carbocycles. The quantitative estimate of drug-likeness (QED) is 0.603. The minimum atomic E-state index is -1.10. The molecule has 0 saturated carbocycles. The Morgan fingerprint density at radius 2 is 2.27 bits per heavy atom. The summed E-state index contributed by atoms with van der Waals surface area (Å²) in [7, 11) is 0. The van der Waals surface area contributed by atoms with Gasteiger partial charge in [0.1, 0.15) is 16.6 Å². The Morgan fingerprint density at radius 3 is 2.91 bits per heavy atom. The predicted molar refractivity (Wildman–Crippen MR) is 92.8 cm³/mol. The molecular formula is C14H12BrNO4S2. The van der Waals surface area contributed by atoms with Crippen LogP contribution in [-0.4, -0.2) is 39.4 Å². The van der Waals surface area contributed by atoms with Crippen LogP contribution in [0, 0.1) is 0 Å². The van der Waals surface area contributed by atoms with Gasteiger partial charge in [0.25, 0.3) is 5.91 Å². The third kappa shape index (κ3) is 3.88. The Kier molecular flexibility index (Phi) is 5.60. The smallest absolute Gasteiger partial charge is 0.323 e. The summed E-state index contributed by atoms with van der Waals surface area (Å²) in [5.41, 5.74) is 0.729. The summed E-state index contributed by atoms with van der Waals surface area (Å²) >= 11 is 9.53. The molecule has 1 saturated heterocycles. The van der Waals surface area contributed by atoms with E-state index in [4.69, 9.17) is 22.1 Å². The fourth-order valence-electron chi connectivity index (χ4n) is 1.83. The number of thiocarbonyl (C=S) groups is 1. The maximum Gasteiger partial charge on any atom is 0.323 e. The van der Waals surface area contributed by atoms with Gasteiger partial charge in [-0.2, -0.15) is 0 Å². The van der Waals surface area contributed by atoms with Crippen LogP contribution in [0.4, 0.5) is 0 Å². The lowest BCUT2D eigenvalue weighted by atomic mass is 10.2. The summed E-state index contributed by atoms with van der Waals surface area (Å²) in [6.07, 6.45) is 1.66. The van der Waals surface area contributed by atoms with Crippen LogP contribution in [0.3, 0.4) is 0 Å². The number of ether oxygens (including phenoxy) is 1. The number of hydrogen-bond acceptors (Lipinski definition) is 5. The van der Waals surface area contributed by atoms with E-state index in [9.17, 15) is 9.59 Å². The molecule has 1 heterocycles. The van der Waals surface area contributed by atoms with E-state index in [1.165, 1.54) is 0 Å². The van der Waals surface area contributed by atoms with Gasteiger partial charge in [0, 0.05) is 10.0 Å². The maximum atomic E-state index is 12.2. The highest BCUT2D eigenvalue weighted by atomic mass is 79.9. The molecule has 1 amide bonds. The first-order valence-electron chi connectivity index (χ1n) is 6.32. The molecule has 2 rings (SSSR count). The van der Waals surface area contributed by atoms with Gasteiger partial charge in [-0.1, -0.05) is 39.9 Å². The number of nitrogens with zero attached hydrogens (tertiary/aromatic N) is 1. The SMILES string of the molecule is CCOc1ccc(Br)cc1/C=C1\SC(=S)N(CC(=O)O)C1=O. The van der Waals surface area contributed by atoms with Gasteiger partial charge in [0.2, 0.25) is 0 Å². The number of amides is 1. The number of rotatable bonds is 5. The summed E-state index contributed by atoms with van der Waals surface area (Å²) < 4.78 is 6.62. The molecule has 1 aromatic rings. The monoisotopic (exact) mass is 401 g/mol. The van der Waals surface area contributed by atoms with Gasteiger partial charge < -0.3 is 9.84 Å². The highest BCUT2D eigenvalue weighted by molar-refractivity contribution is 9.10. The molecule has 116 valence electrons. The van der Waals surface area contributed by atoms with Crippen LogP contribution in [0.25, 0.3) is 6.08 Å². The first kappa shape index (κ1) is 17.0. The normalized spacial score (nSPS) is 16.5. The Morgan fingerprint density at radius 1 is 1.55 bits per heavy atom. The van der Waals surface area contributed by atoms with E-state index >= 15 is 0 Å². The lowest BCUT2D eigenvalue weighted by Crippen LogP contribution is -2.33. The van der Waals surface area contributed by atoms with Gasteiger partial charge in [-0.15, -0.1) is 0 Å². The molecule has 8 heteroatoms. The molecule has 0 aliphatic carbocycles. The highest BCUT2D eigenvalue weighted by Gasteiger charge is 2.33. The molecule has 1 N–H and O–H groups in total. The summed E-state index contributed by atoms with van der Waals surface area (Å²) in [6.45, 7) is 1.94. The molecule has 0 aromatic heterocycles. The topological polar surface area (TPSA) is 66.8 Å². The zero-order valence-corrected chi connectivity index (χ0v) is 14.8. The van der Waals surface area contributed by atoms with Crippen molar-refractivity contribution < 1.29 is 19.4 Å². The third-order valence-corrected chi connectivity index (χ3v) is 4.60. The van der Waals surface area contributed by atoms with Gasteiger partial charge in [0.15, 0.2) is 0 Å². The molecule has 5 nitrogen and oxygen atoms in total. The summed E-state index contributed by atoms with van der Waals surface area (Å²) in [6, 6.07) is 5.48. The highest BCUT2D eigenvalue weighted by Crippen LogP contribution is 2.34. The number of aliphatic carboxylic acids is 1. The molecule has 1 aliphatic heterocycles. The lowest BCUT2D eigenvalue weighted by molar-refractivity contribution is -0.140. The summed E-state index contributed by atoms with van der Waals surface area (Å²) in [5, 5.41) is 8.83. The first-order chi connectivity index (χ1) is 10.4. The molecule has 0 atom stereocenters. The summed E-state index contributed by atoms with van der Waals surface area (Å²) in [4.78, 5) is 24.5. The van der Waals surface area contributed by atoms with Crippen LogP contribution in [0.1, 0.15) is 12.5 Å². The predicted octanol–water partition coefficient (Wildman–Crippen LogP) is 3.13. The van der Waals surface area contributed by atoms with Crippen LogP contribution in [0.5, 0.6) is 5.75 Å². The number of hydrogen-bond donors (Lipinski definition) is 1.